The summed E-state index contributed by atoms with van der Waals surface area (Å²) in [4.78, 5) is 26.3. The second kappa shape index (κ2) is 4.10. The van der Waals surface area contributed by atoms with Crippen LogP contribution < -0.4 is 0 Å². The molecule has 92 valence electrons. The van der Waals surface area contributed by atoms with Gasteiger partial charge in [-0.2, -0.15) is 0 Å². The maximum absolute atomic E-state index is 11.2. The number of carboxylic acids is 2. The number of aryl methyl sites for hydroxylation is 2. The van der Waals surface area contributed by atoms with E-state index in [0.29, 0.717) is 10.9 Å². The first-order valence-corrected chi connectivity index (χ1v) is 5.28. The molecule has 0 aliphatic heterocycles. The zero-order chi connectivity index (χ0) is 13.4. The molecule has 0 unspecified atom stereocenters. The third kappa shape index (κ3) is 1.90. The van der Waals surface area contributed by atoms with E-state index in [1.807, 2.05) is 6.92 Å². The molecule has 0 amide bonds. The van der Waals surface area contributed by atoms with Crippen molar-refractivity contribution in [2.24, 2.45) is 0 Å². The first-order chi connectivity index (χ1) is 8.40. The summed E-state index contributed by atoms with van der Waals surface area (Å²) in [7, 11) is 0. The van der Waals surface area contributed by atoms with Crippen LogP contribution in [0, 0.1) is 13.8 Å². The van der Waals surface area contributed by atoms with Gasteiger partial charge >= 0.3 is 11.9 Å². The van der Waals surface area contributed by atoms with Gasteiger partial charge in [0.05, 0.1) is 16.6 Å². The molecular formula is C13H11NO4. The molecule has 0 spiro atoms. The van der Waals surface area contributed by atoms with Crippen molar-refractivity contribution < 1.29 is 19.8 Å². The lowest BCUT2D eigenvalue weighted by Gasteiger charge is -2.07. The summed E-state index contributed by atoms with van der Waals surface area (Å²) in [6.07, 6.45) is 0. The van der Waals surface area contributed by atoms with Crippen LogP contribution in [0.25, 0.3) is 10.9 Å². The van der Waals surface area contributed by atoms with Gasteiger partial charge < -0.3 is 10.2 Å². The molecule has 5 nitrogen and oxygen atoms in total. The molecule has 1 aromatic carbocycles. The molecule has 0 atom stereocenters. The lowest BCUT2D eigenvalue weighted by Crippen LogP contribution is -2.05. The Bertz CT molecular complexity index is 676. The Morgan fingerprint density at radius 1 is 1.06 bits per heavy atom. The Balaban J connectivity index is 2.89. The number of aromatic carboxylic acids is 2. The summed E-state index contributed by atoms with van der Waals surface area (Å²) in [5.74, 6) is -2.34. The largest absolute Gasteiger partial charge is 0.478 e. The minimum atomic E-state index is -1.18. The van der Waals surface area contributed by atoms with Crippen molar-refractivity contribution in [3.05, 3.63) is 40.6 Å². The molecule has 0 aliphatic rings. The molecule has 2 rings (SSSR count). The maximum Gasteiger partial charge on any atom is 0.337 e. The average molecular weight is 245 g/mol. The fourth-order valence-corrected chi connectivity index (χ4v) is 1.77. The predicted octanol–water partition coefficient (Wildman–Crippen LogP) is 2.25. The van der Waals surface area contributed by atoms with Gasteiger partial charge in [0.2, 0.25) is 0 Å². The van der Waals surface area contributed by atoms with Crippen LogP contribution in [-0.4, -0.2) is 27.1 Å². The van der Waals surface area contributed by atoms with Gasteiger partial charge in [0.25, 0.3) is 0 Å². The van der Waals surface area contributed by atoms with E-state index in [1.165, 1.54) is 6.07 Å². The number of fused-ring (bicyclic) bond motifs is 1. The van der Waals surface area contributed by atoms with Gasteiger partial charge in [-0.05, 0) is 37.6 Å². The highest BCUT2D eigenvalue weighted by Crippen LogP contribution is 2.22. The zero-order valence-electron chi connectivity index (χ0n) is 9.89. The summed E-state index contributed by atoms with van der Waals surface area (Å²) < 4.78 is 0. The van der Waals surface area contributed by atoms with Gasteiger partial charge in [-0.1, -0.05) is 0 Å². The standard InChI is InChI=1S/C13H11NO4/c1-6-3-8-4-9(12(15)16)5-10(13(17)18)11(8)14-7(6)2/h3-5H,1-2H3,(H,15,16)(H,17,18). The Morgan fingerprint density at radius 3 is 2.28 bits per heavy atom. The molecular weight excluding hydrogens is 234 g/mol. The quantitative estimate of drug-likeness (QED) is 0.847. The number of pyridine rings is 1. The molecule has 0 radical (unpaired) electrons. The van der Waals surface area contributed by atoms with Crippen LogP contribution in [-0.2, 0) is 0 Å². The monoisotopic (exact) mass is 245 g/mol. The van der Waals surface area contributed by atoms with Gasteiger partial charge in [-0.25, -0.2) is 9.59 Å². The van der Waals surface area contributed by atoms with E-state index in [-0.39, 0.29) is 11.1 Å². The van der Waals surface area contributed by atoms with E-state index >= 15 is 0 Å². The highest BCUT2D eigenvalue weighted by atomic mass is 16.4. The van der Waals surface area contributed by atoms with Crippen molar-refractivity contribution in [3.63, 3.8) is 0 Å². The molecule has 0 fully saturated rings. The van der Waals surface area contributed by atoms with Crippen molar-refractivity contribution in [3.8, 4) is 0 Å². The molecule has 0 aliphatic carbocycles. The first kappa shape index (κ1) is 12.0. The van der Waals surface area contributed by atoms with E-state index in [9.17, 15) is 9.59 Å². The van der Waals surface area contributed by atoms with Crippen LogP contribution >= 0.6 is 0 Å². The minimum absolute atomic E-state index is 0.0510. The minimum Gasteiger partial charge on any atom is -0.478 e. The Morgan fingerprint density at radius 2 is 1.72 bits per heavy atom. The van der Waals surface area contributed by atoms with E-state index in [1.54, 1.807) is 13.0 Å². The highest BCUT2D eigenvalue weighted by Gasteiger charge is 2.15. The summed E-state index contributed by atoms with van der Waals surface area (Å²) in [5, 5.41) is 18.6. The lowest BCUT2D eigenvalue weighted by atomic mass is 10.0. The molecule has 0 saturated heterocycles. The predicted molar refractivity (Wildman–Crippen MR) is 65.1 cm³/mol. The van der Waals surface area contributed by atoms with Crippen molar-refractivity contribution in [2.45, 2.75) is 13.8 Å². The van der Waals surface area contributed by atoms with Crippen LogP contribution in [0.2, 0.25) is 0 Å². The molecule has 18 heavy (non-hydrogen) atoms. The van der Waals surface area contributed by atoms with Crippen molar-refractivity contribution in [1.29, 1.82) is 0 Å². The number of carboxylic acid groups (broad SMARTS) is 2. The fourth-order valence-electron chi connectivity index (χ4n) is 1.77. The summed E-state index contributed by atoms with van der Waals surface area (Å²) in [6, 6.07) is 4.31. The molecule has 0 saturated carbocycles. The van der Waals surface area contributed by atoms with Gasteiger partial charge in [0, 0.05) is 11.1 Å². The van der Waals surface area contributed by atoms with Crippen LogP contribution in [0.5, 0.6) is 0 Å². The third-order valence-electron chi connectivity index (χ3n) is 2.84. The molecule has 1 heterocycles. The molecule has 2 aromatic rings. The van der Waals surface area contributed by atoms with Gasteiger partial charge in [0.15, 0.2) is 0 Å². The number of nitrogens with zero attached hydrogens (tertiary/aromatic N) is 1. The number of rotatable bonds is 2. The van der Waals surface area contributed by atoms with Crippen molar-refractivity contribution >= 4 is 22.8 Å². The number of carbonyl (C=O) groups is 2. The second-order valence-corrected chi connectivity index (χ2v) is 4.10. The zero-order valence-corrected chi connectivity index (χ0v) is 9.89. The van der Waals surface area contributed by atoms with Crippen LogP contribution in [0.4, 0.5) is 0 Å². The Labute approximate surface area is 103 Å². The first-order valence-electron chi connectivity index (χ1n) is 5.28. The SMILES string of the molecule is Cc1cc2cc(C(=O)O)cc(C(=O)O)c2nc1C. The smallest absolute Gasteiger partial charge is 0.337 e. The molecule has 0 bridgehead atoms. The average Bonchev–Trinajstić information content (AvgIpc) is 2.29. The normalized spacial score (nSPS) is 10.6. The van der Waals surface area contributed by atoms with E-state index < -0.39 is 11.9 Å². The van der Waals surface area contributed by atoms with Crippen LogP contribution in [0.1, 0.15) is 32.0 Å². The fraction of sp³-hybridized carbons (Fsp3) is 0.154. The molecule has 5 heteroatoms. The van der Waals surface area contributed by atoms with Crippen molar-refractivity contribution in [1.82, 2.24) is 4.98 Å². The second-order valence-electron chi connectivity index (χ2n) is 4.10. The topological polar surface area (TPSA) is 87.5 Å². The van der Waals surface area contributed by atoms with Gasteiger partial charge in [-0.3, -0.25) is 4.98 Å². The van der Waals surface area contributed by atoms with Crippen molar-refractivity contribution in [2.75, 3.05) is 0 Å². The van der Waals surface area contributed by atoms with Crippen LogP contribution in [0.15, 0.2) is 18.2 Å². The summed E-state index contributed by atoms with van der Waals surface area (Å²) in [6.45, 7) is 3.63. The molecule has 1 aromatic heterocycles. The highest BCUT2D eigenvalue weighted by molar-refractivity contribution is 6.05. The van der Waals surface area contributed by atoms with Crippen LogP contribution in [0.3, 0.4) is 0 Å². The summed E-state index contributed by atoms with van der Waals surface area (Å²) in [5.41, 5.74) is 1.79. The maximum atomic E-state index is 11.2. The number of hydrogen-bond acceptors (Lipinski definition) is 3. The Kier molecular flexibility index (Phi) is 2.74. The summed E-state index contributed by atoms with van der Waals surface area (Å²) >= 11 is 0. The number of hydrogen-bond donors (Lipinski definition) is 2. The lowest BCUT2D eigenvalue weighted by molar-refractivity contribution is 0.0696. The number of aromatic nitrogens is 1. The molecule has 2 N–H and O–H groups in total. The Hall–Kier alpha value is -2.43. The van der Waals surface area contributed by atoms with E-state index in [4.69, 9.17) is 10.2 Å². The van der Waals surface area contributed by atoms with Gasteiger partial charge in [-0.15, -0.1) is 0 Å². The van der Waals surface area contributed by atoms with E-state index in [2.05, 4.69) is 4.98 Å². The number of benzene rings is 1. The van der Waals surface area contributed by atoms with Gasteiger partial charge in [0.1, 0.15) is 0 Å². The van der Waals surface area contributed by atoms with E-state index in [0.717, 1.165) is 17.3 Å². The third-order valence-corrected chi connectivity index (χ3v) is 2.84.